The summed E-state index contributed by atoms with van der Waals surface area (Å²) >= 11 is 3.41. The summed E-state index contributed by atoms with van der Waals surface area (Å²) < 4.78 is 88.4. The van der Waals surface area contributed by atoms with E-state index in [2.05, 4.69) is 79.9 Å². The molecule has 3 aliphatic heterocycles. The predicted molar refractivity (Wildman–Crippen MR) is 418 cm³/mol. The molecule has 10 N–H and O–H groups in total. The van der Waals surface area contributed by atoms with Gasteiger partial charge in [0.05, 0.1) is 43.2 Å². The Morgan fingerprint density at radius 3 is 1.28 bits per heavy atom. The van der Waals surface area contributed by atoms with Crippen LogP contribution in [0.2, 0.25) is 0 Å². The largest absolute Gasteiger partial charge is 0.489 e. The molecular weight excluding hydrogens is 1510 g/mol. The van der Waals surface area contributed by atoms with Gasteiger partial charge < -0.3 is 75.8 Å². The Bertz CT molecular complexity index is 4920. The number of benzene rings is 5. The molecular formula is C78H88BrF2N19O12. The van der Waals surface area contributed by atoms with Crippen molar-refractivity contribution in [3.05, 3.63) is 202 Å². The lowest BCUT2D eigenvalue weighted by Crippen LogP contribution is -2.21. The topological polar surface area (TPSA) is 385 Å². The smallest absolute Gasteiger partial charge is 0.317 e. The molecule has 3 saturated heterocycles. The summed E-state index contributed by atoms with van der Waals surface area (Å²) in [6, 6.07) is 31.1. The Hall–Kier alpha value is -11.7. The number of rotatable bonds is 21. The first-order valence-corrected chi connectivity index (χ1v) is 35.9. The number of carboxylic acid groups (broad SMARTS) is 1. The zero-order valence-electron chi connectivity index (χ0n) is 62.9. The number of nitrogens with zero attached hydrogens (tertiary/aromatic N) is 15. The fraction of sp³-hybridized carbons (Fsp3) is 0.333. The summed E-state index contributed by atoms with van der Waals surface area (Å²) in [5.74, 6) is 3.06. The van der Waals surface area contributed by atoms with E-state index in [1.807, 2.05) is 41.1 Å². The van der Waals surface area contributed by atoms with Crippen LogP contribution in [0, 0.1) is 38.6 Å². The van der Waals surface area contributed by atoms with Crippen molar-refractivity contribution in [1.82, 2.24) is 70.3 Å². The number of halogens is 3. The second-order valence-corrected chi connectivity index (χ2v) is 26.5. The molecule has 0 saturated carbocycles. The van der Waals surface area contributed by atoms with E-state index in [0.29, 0.717) is 137 Å². The Labute approximate surface area is 654 Å². The minimum Gasteiger partial charge on any atom is -0.489 e. The molecule has 112 heavy (non-hydrogen) atoms. The average Bonchev–Trinajstić information content (AvgIpc) is 1.62. The van der Waals surface area contributed by atoms with Gasteiger partial charge in [-0.1, -0.05) is 40.2 Å². The molecule has 11 aromatic rings. The number of carbonyl (C=O) groups is 1. The summed E-state index contributed by atoms with van der Waals surface area (Å²) in [5, 5.41) is 22.9. The van der Waals surface area contributed by atoms with E-state index in [9.17, 15) is 13.6 Å². The minimum absolute atomic E-state index is 0. The molecule has 14 rings (SSSR count). The van der Waals surface area contributed by atoms with Gasteiger partial charge in [-0.05, 0) is 126 Å². The highest BCUT2D eigenvalue weighted by Crippen LogP contribution is 2.42. The number of nitrogen functional groups attached to an aromatic ring is 3. The van der Waals surface area contributed by atoms with Crippen LogP contribution in [0.15, 0.2) is 145 Å². The van der Waals surface area contributed by atoms with Crippen molar-refractivity contribution in [3.8, 4) is 68.3 Å². The maximum atomic E-state index is 14.3. The van der Waals surface area contributed by atoms with Gasteiger partial charge in [-0.3, -0.25) is 19.1 Å². The van der Waals surface area contributed by atoms with Gasteiger partial charge in [0.2, 0.25) is 0 Å². The maximum absolute atomic E-state index is 14.3. The third-order valence-electron chi connectivity index (χ3n) is 17.2. The zero-order chi connectivity index (χ0) is 78.9. The SMILES string of the molecule is CN(C)CC(=O)O.COC(OC)OC.Cc1ncc(COc2cc(F)cc(Oc3ccc(-c4nn(C5CCOCC5)c5ncnc(N)c45)cc3)c2)cn1.N.[C-]#[N+]c1c(-c2ccc(Br)cc2)nn(C2CCOCC2)c1N.[C-]#[N+]c1c(-c2ccc(Oc3cc(F)cc(OCc4cnc(C)nc4)c3)cc2)nn(C2CCOCC2)c1N. The molecule has 588 valence electrons. The molecule has 5 aromatic carbocycles. The van der Waals surface area contributed by atoms with Crippen LogP contribution in [-0.4, -0.2) is 163 Å². The molecule has 9 heterocycles. The lowest BCUT2D eigenvalue weighted by Gasteiger charge is -2.23. The minimum atomic E-state index is -0.787. The van der Waals surface area contributed by atoms with Gasteiger partial charge in [-0.15, -0.1) is 0 Å². The summed E-state index contributed by atoms with van der Waals surface area (Å²) in [7, 11) is 7.97. The number of aromatic nitrogens is 12. The van der Waals surface area contributed by atoms with Crippen molar-refractivity contribution in [2.45, 2.75) is 90.2 Å². The molecule has 0 radical (unpaired) electrons. The van der Waals surface area contributed by atoms with E-state index in [4.69, 9.17) is 73.7 Å². The van der Waals surface area contributed by atoms with Gasteiger partial charge in [0.1, 0.15) is 112 Å². The summed E-state index contributed by atoms with van der Waals surface area (Å²) in [5.41, 5.74) is 26.0. The quantitative estimate of drug-likeness (QED) is 0.0329. The van der Waals surface area contributed by atoms with E-state index in [-0.39, 0.29) is 49.8 Å². The zero-order valence-corrected chi connectivity index (χ0v) is 64.5. The van der Waals surface area contributed by atoms with Crippen LogP contribution < -0.4 is 42.3 Å². The Morgan fingerprint density at radius 1 is 0.554 bits per heavy atom. The lowest BCUT2D eigenvalue weighted by atomic mass is 10.1. The number of hydrogen-bond acceptors (Lipinski definition) is 25. The number of aryl methyl sites for hydroxylation is 2. The van der Waals surface area contributed by atoms with E-state index in [1.54, 1.807) is 116 Å². The van der Waals surface area contributed by atoms with E-state index < -0.39 is 24.1 Å². The molecule has 34 heteroatoms. The molecule has 0 aliphatic carbocycles. The average molecular weight is 1600 g/mol. The number of aliphatic carboxylic acids is 1. The van der Waals surface area contributed by atoms with Crippen LogP contribution in [0.25, 0.3) is 54.5 Å². The van der Waals surface area contributed by atoms with Crippen molar-refractivity contribution in [3.63, 3.8) is 0 Å². The van der Waals surface area contributed by atoms with Crippen LogP contribution in [0.3, 0.4) is 0 Å². The first-order chi connectivity index (χ1) is 53.7. The molecule has 0 atom stereocenters. The Kier molecular flexibility index (Phi) is 31.1. The molecule has 0 amide bonds. The monoisotopic (exact) mass is 1600 g/mol. The van der Waals surface area contributed by atoms with Crippen molar-refractivity contribution >= 4 is 61.8 Å². The highest BCUT2D eigenvalue weighted by Gasteiger charge is 2.28. The van der Waals surface area contributed by atoms with Gasteiger partial charge >= 0.3 is 5.97 Å². The van der Waals surface area contributed by atoms with Crippen molar-refractivity contribution < 1.29 is 66.1 Å². The molecule has 3 fully saturated rings. The fourth-order valence-electron chi connectivity index (χ4n) is 11.8. The van der Waals surface area contributed by atoms with Gasteiger partial charge in [-0.25, -0.2) is 53.1 Å². The van der Waals surface area contributed by atoms with Gasteiger partial charge in [0.15, 0.2) is 5.65 Å². The van der Waals surface area contributed by atoms with Gasteiger partial charge in [0, 0.05) is 143 Å². The second-order valence-electron chi connectivity index (χ2n) is 25.5. The number of hydrogen-bond donors (Lipinski definition) is 5. The fourth-order valence-corrected chi connectivity index (χ4v) is 12.0. The van der Waals surface area contributed by atoms with E-state index in [0.717, 1.165) is 70.8 Å². The number of likely N-dealkylation sites (N-methyl/N-ethyl adjacent to an activating group) is 1. The first kappa shape index (κ1) is 84.3. The molecule has 0 unspecified atom stereocenters. The summed E-state index contributed by atoms with van der Waals surface area (Å²) in [4.78, 5) is 43.8. The predicted octanol–water partition coefficient (Wildman–Crippen LogP) is 14.5. The Balaban J connectivity index is 0.000000182. The van der Waals surface area contributed by atoms with Crippen LogP contribution in [0.5, 0.6) is 34.5 Å². The Morgan fingerprint density at radius 2 is 0.920 bits per heavy atom. The third-order valence-corrected chi connectivity index (χ3v) is 17.8. The van der Waals surface area contributed by atoms with Crippen molar-refractivity contribution in [1.29, 1.82) is 0 Å². The first-order valence-electron chi connectivity index (χ1n) is 35.1. The number of ether oxygens (including phenoxy) is 10. The van der Waals surface area contributed by atoms with Crippen LogP contribution in [0.4, 0.5) is 37.6 Å². The van der Waals surface area contributed by atoms with Crippen molar-refractivity contribution in [2.75, 3.05) is 98.8 Å². The van der Waals surface area contributed by atoms with Gasteiger partial charge in [-0.2, -0.15) is 15.3 Å². The number of fused-ring (bicyclic) bond motifs is 1. The van der Waals surface area contributed by atoms with Crippen molar-refractivity contribution in [2.24, 2.45) is 0 Å². The summed E-state index contributed by atoms with van der Waals surface area (Å²) in [6.45, 7) is 22.7. The third kappa shape index (κ3) is 23.2. The maximum Gasteiger partial charge on any atom is 0.317 e. The molecule has 3 aliphatic rings. The normalized spacial score (nSPS) is 13.6. The standard InChI is InChI=1S/C28H26FN7O3.C27H25FN6O3.C15H15BrN4O.C4H9NO2.C4H10O3.H3N/c1-17-31-13-18(14-32-17)15-38-23-10-20(29)11-24(12-23)39-22-4-2-19(3-5-22)26-25-27(30)33-16-34-28(25)36(35-26)21-6-8-37-9-7-21;1-17-31-14-18(15-32-17)16-36-23-11-20(28)12-24(13-23)37-22-5-3-19(4-6-22)25-26(30-2)27(29)34(33-25)21-7-9-35-10-8-21;1-18-14-13(10-2-4-11(16)5-3-10)19-20(15(14)17)12-6-8-21-9-7-12;1-5(2)3-4(6)7;1-5-4(6-2)7-3;/h2-5,10-14,16,21H,6-9,15H2,1H3,(H2,30,33,34);3-6,11-15,21H,7-10,16,29H2,1H3;2-5,12H,6-9,17H2;3H2,1-2H3,(H,6,7);4H,1-3H3;1H3. The van der Waals surface area contributed by atoms with Gasteiger partial charge in [0.25, 0.3) is 17.9 Å². The van der Waals surface area contributed by atoms with Crippen LogP contribution in [-0.2, 0) is 46.4 Å². The number of carboxylic acids is 1. The van der Waals surface area contributed by atoms with E-state index in [1.165, 1.54) is 51.9 Å². The highest BCUT2D eigenvalue weighted by atomic mass is 79.9. The second kappa shape index (κ2) is 41.4. The number of anilines is 3. The number of methoxy groups -OCH3 is 3. The highest BCUT2D eigenvalue weighted by molar-refractivity contribution is 9.10. The molecule has 31 nitrogen and oxygen atoms in total. The molecule has 0 spiro atoms. The van der Waals surface area contributed by atoms with E-state index >= 15 is 0 Å². The molecule has 6 aromatic heterocycles. The number of nitrogens with two attached hydrogens (primary N) is 3. The molecule has 0 bridgehead atoms. The lowest BCUT2D eigenvalue weighted by molar-refractivity contribution is -0.252. The van der Waals surface area contributed by atoms with Crippen LogP contribution >= 0.6 is 15.9 Å². The van der Waals surface area contributed by atoms with Crippen LogP contribution in [0.1, 0.15) is 79.4 Å². The summed E-state index contributed by atoms with van der Waals surface area (Å²) in [6.07, 6.45) is 13.2.